The Morgan fingerprint density at radius 2 is 1.69 bits per heavy atom. The topological polar surface area (TPSA) is 61.5 Å². The molecule has 0 unspecified atom stereocenters. The minimum Gasteiger partial charge on any atom is -0.490 e. The highest BCUT2D eigenvalue weighted by Crippen LogP contribution is 2.38. The van der Waals surface area contributed by atoms with Gasteiger partial charge in [0.1, 0.15) is 19.0 Å². The second kappa shape index (κ2) is 14.8. The summed E-state index contributed by atoms with van der Waals surface area (Å²) in [4.78, 5) is 11.6. The van der Waals surface area contributed by atoms with Crippen LogP contribution in [0, 0.1) is 5.92 Å². The summed E-state index contributed by atoms with van der Waals surface area (Å²) in [5, 5.41) is 0. The highest BCUT2D eigenvalue weighted by atomic mass is 16.6. The number of aryl methyl sites for hydroxylation is 1. The molecule has 0 spiro atoms. The van der Waals surface area contributed by atoms with Gasteiger partial charge in [-0.3, -0.25) is 0 Å². The predicted octanol–water partition coefficient (Wildman–Crippen LogP) is 7.60. The fourth-order valence-corrected chi connectivity index (χ4v) is 5.19. The van der Waals surface area contributed by atoms with Crippen LogP contribution in [-0.4, -0.2) is 25.7 Å². The number of carbonyl (C=O) groups excluding carboxylic acids is 1. The molecule has 1 aliphatic rings. The number of benzene rings is 2. The van der Waals surface area contributed by atoms with Crippen LogP contribution in [0.25, 0.3) is 11.1 Å². The van der Waals surface area contributed by atoms with Gasteiger partial charge in [-0.25, -0.2) is 4.79 Å². The molecule has 0 radical (unpaired) electrons. The van der Waals surface area contributed by atoms with E-state index >= 15 is 0 Å². The first-order valence-electron chi connectivity index (χ1n) is 13.9. The average molecular weight is 492 g/mol. The number of carbonyl (C=O) groups is 1. The van der Waals surface area contributed by atoms with Crippen molar-refractivity contribution in [3.05, 3.63) is 65.7 Å². The van der Waals surface area contributed by atoms with Gasteiger partial charge in [0.25, 0.3) is 0 Å². The van der Waals surface area contributed by atoms with Crippen molar-refractivity contribution in [2.75, 3.05) is 19.8 Å². The Morgan fingerprint density at radius 1 is 0.972 bits per heavy atom. The maximum absolute atomic E-state index is 11.6. The van der Waals surface area contributed by atoms with Crippen molar-refractivity contribution < 1.29 is 14.3 Å². The number of esters is 1. The summed E-state index contributed by atoms with van der Waals surface area (Å²) in [6.45, 7) is 8.68. The molecule has 1 fully saturated rings. The fourth-order valence-electron chi connectivity index (χ4n) is 5.19. The van der Waals surface area contributed by atoms with Crippen LogP contribution in [0.5, 0.6) is 5.75 Å². The average Bonchev–Trinajstić information content (AvgIpc) is 2.90. The minimum absolute atomic E-state index is 0.196. The van der Waals surface area contributed by atoms with Crippen molar-refractivity contribution in [2.24, 2.45) is 11.7 Å². The fraction of sp³-hybridized carbons (Fsp3) is 0.531. The molecule has 0 amide bonds. The van der Waals surface area contributed by atoms with Gasteiger partial charge >= 0.3 is 5.97 Å². The largest absolute Gasteiger partial charge is 0.490 e. The Kier molecular flexibility index (Phi) is 11.5. The molecule has 4 heteroatoms. The van der Waals surface area contributed by atoms with Gasteiger partial charge in [0, 0.05) is 5.57 Å². The predicted molar refractivity (Wildman–Crippen MR) is 149 cm³/mol. The van der Waals surface area contributed by atoms with Crippen LogP contribution in [0.4, 0.5) is 0 Å². The van der Waals surface area contributed by atoms with Gasteiger partial charge in [0.15, 0.2) is 0 Å². The first-order valence-corrected chi connectivity index (χ1v) is 13.9. The standard InChI is InChI=1S/C32H45NO3/c1-4-5-6-8-25-10-12-26(13-11-25)27-14-16-28(17-15-27)30-19-18-29(9-7-20-33)31(23-30)35-21-22-36-32(34)24(2)3/h14-19,23,25-26H,2,4-13,20-22,33H2,1,3H3. The molecule has 3 rings (SSSR count). The molecule has 2 aromatic rings. The molecule has 2 N–H and O–H groups in total. The molecular formula is C32H45NO3. The van der Waals surface area contributed by atoms with E-state index in [0.717, 1.165) is 35.6 Å². The normalized spacial score (nSPS) is 17.5. The van der Waals surface area contributed by atoms with Gasteiger partial charge in [-0.05, 0) is 92.1 Å². The Labute approximate surface area is 218 Å². The van der Waals surface area contributed by atoms with Crippen LogP contribution in [0.2, 0.25) is 0 Å². The van der Waals surface area contributed by atoms with E-state index in [1.165, 1.54) is 62.5 Å². The zero-order valence-corrected chi connectivity index (χ0v) is 22.4. The molecule has 0 heterocycles. The van der Waals surface area contributed by atoms with Crippen LogP contribution in [0.3, 0.4) is 0 Å². The van der Waals surface area contributed by atoms with E-state index in [2.05, 4.69) is 56.0 Å². The smallest absolute Gasteiger partial charge is 0.333 e. The molecule has 1 saturated carbocycles. The lowest BCUT2D eigenvalue weighted by Crippen LogP contribution is -2.13. The van der Waals surface area contributed by atoms with E-state index in [9.17, 15) is 4.79 Å². The lowest BCUT2D eigenvalue weighted by atomic mass is 9.77. The maximum Gasteiger partial charge on any atom is 0.333 e. The molecule has 2 aromatic carbocycles. The van der Waals surface area contributed by atoms with Crippen molar-refractivity contribution in [1.82, 2.24) is 0 Å². The monoisotopic (exact) mass is 491 g/mol. The third-order valence-corrected chi connectivity index (χ3v) is 7.42. The SMILES string of the molecule is C=C(C)C(=O)OCCOc1cc(-c2ccc(C3CCC(CCCCC)CC3)cc2)ccc1CCCN. The molecule has 36 heavy (non-hydrogen) atoms. The highest BCUT2D eigenvalue weighted by molar-refractivity contribution is 5.86. The lowest BCUT2D eigenvalue weighted by Gasteiger charge is -2.29. The minimum atomic E-state index is -0.388. The second-order valence-corrected chi connectivity index (χ2v) is 10.3. The Morgan fingerprint density at radius 3 is 2.36 bits per heavy atom. The molecule has 0 aromatic heterocycles. The van der Waals surface area contributed by atoms with Crippen molar-refractivity contribution in [1.29, 1.82) is 0 Å². The van der Waals surface area contributed by atoms with Crippen LogP contribution in [-0.2, 0) is 16.0 Å². The van der Waals surface area contributed by atoms with E-state index in [1.54, 1.807) is 6.92 Å². The van der Waals surface area contributed by atoms with Gasteiger partial charge in [-0.2, -0.15) is 0 Å². The van der Waals surface area contributed by atoms with Gasteiger partial charge < -0.3 is 15.2 Å². The van der Waals surface area contributed by atoms with E-state index < -0.39 is 0 Å². The number of unbranched alkanes of at least 4 members (excludes halogenated alkanes) is 2. The van der Waals surface area contributed by atoms with Crippen molar-refractivity contribution in [3.63, 3.8) is 0 Å². The Hall–Kier alpha value is -2.59. The van der Waals surface area contributed by atoms with Crippen LogP contribution in [0.1, 0.15) is 88.7 Å². The van der Waals surface area contributed by atoms with Gasteiger partial charge in [0.2, 0.25) is 0 Å². The molecule has 1 aliphatic carbocycles. The third kappa shape index (κ3) is 8.51. The zero-order chi connectivity index (χ0) is 25.8. The Bertz CT molecular complexity index is 958. The molecule has 0 saturated heterocycles. The summed E-state index contributed by atoms with van der Waals surface area (Å²) < 4.78 is 11.2. The van der Waals surface area contributed by atoms with Crippen LogP contribution >= 0.6 is 0 Å². The quantitative estimate of drug-likeness (QED) is 0.168. The van der Waals surface area contributed by atoms with Gasteiger partial charge in [-0.15, -0.1) is 0 Å². The first-order chi connectivity index (χ1) is 17.5. The molecule has 0 aliphatic heterocycles. The number of rotatable bonds is 14. The third-order valence-electron chi connectivity index (χ3n) is 7.42. The first kappa shape index (κ1) is 28.0. The summed E-state index contributed by atoms with van der Waals surface area (Å²) in [5.74, 6) is 2.08. The molecule has 4 nitrogen and oxygen atoms in total. The number of ether oxygens (including phenoxy) is 2. The second-order valence-electron chi connectivity index (χ2n) is 10.3. The summed E-state index contributed by atoms with van der Waals surface area (Å²) in [6.07, 6.45) is 12.7. The van der Waals surface area contributed by atoms with Crippen LogP contribution in [0.15, 0.2) is 54.6 Å². The summed E-state index contributed by atoms with van der Waals surface area (Å²) >= 11 is 0. The maximum atomic E-state index is 11.6. The van der Waals surface area contributed by atoms with E-state index in [4.69, 9.17) is 15.2 Å². The van der Waals surface area contributed by atoms with Crippen molar-refractivity contribution in [3.8, 4) is 16.9 Å². The molecular weight excluding hydrogens is 446 g/mol. The Balaban J connectivity index is 1.61. The number of hydrogen-bond acceptors (Lipinski definition) is 4. The van der Waals surface area contributed by atoms with Gasteiger partial charge in [-0.1, -0.05) is 75.6 Å². The molecule has 196 valence electrons. The molecule has 0 bridgehead atoms. The highest BCUT2D eigenvalue weighted by Gasteiger charge is 2.22. The molecule has 0 atom stereocenters. The van der Waals surface area contributed by atoms with Gasteiger partial charge in [0.05, 0.1) is 0 Å². The van der Waals surface area contributed by atoms with Crippen molar-refractivity contribution >= 4 is 5.97 Å². The van der Waals surface area contributed by atoms with Crippen molar-refractivity contribution in [2.45, 2.75) is 84.0 Å². The summed E-state index contributed by atoms with van der Waals surface area (Å²) in [5.41, 5.74) is 11.0. The van der Waals surface area contributed by atoms with E-state index in [0.29, 0.717) is 24.6 Å². The van der Waals surface area contributed by atoms with E-state index in [1.807, 2.05) is 0 Å². The summed E-state index contributed by atoms with van der Waals surface area (Å²) in [6, 6.07) is 15.5. The summed E-state index contributed by atoms with van der Waals surface area (Å²) in [7, 11) is 0. The lowest BCUT2D eigenvalue weighted by molar-refractivity contribution is -0.139. The number of hydrogen-bond donors (Lipinski definition) is 1. The number of nitrogens with two attached hydrogens (primary N) is 1. The van der Waals surface area contributed by atoms with Crippen LogP contribution < -0.4 is 10.5 Å². The zero-order valence-electron chi connectivity index (χ0n) is 22.4. The van der Waals surface area contributed by atoms with E-state index in [-0.39, 0.29) is 12.6 Å².